The van der Waals surface area contributed by atoms with Gasteiger partial charge in [-0.15, -0.1) is 0 Å². The van der Waals surface area contributed by atoms with Crippen LogP contribution in [0.3, 0.4) is 0 Å². The normalized spacial score (nSPS) is 15.4. The Hall–Kier alpha value is -1.61. The zero-order valence-electron chi connectivity index (χ0n) is 13.0. The first-order chi connectivity index (χ1) is 10.5. The number of hydrogen-bond acceptors (Lipinski definition) is 1. The molecule has 3 rings (SSSR count). The van der Waals surface area contributed by atoms with E-state index in [1.807, 2.05) is 36.2 Å². The van der Waals surface area contributed by atoms with Gasteiger partial charge in [0.25, 0.3) is 0 Å². The summed E-state index contributed by atoms with van der Waals surface area (Å²) >= 11 is 3.51. The van der Waals surface area contributed by atoms with Crippen molar-refractivity contribution < 1.29 is 4.79 Å². The Labute approximate surface area is 140 Å². The highest BCUT2D eigenvalue weighted by Gasteiger charge is 2.52. The minimum atomic E-state index is -0.304. The summed E-state index contributed by atoms with van der Waals surface area (Å²) in [6.45, 7) is 2.76. The lowest BCUT2D eigenvalue weighted by Gasteiger charge is -2.24. The highest BCUT2D eigenvalue weighted by atomic mass is 79.9. The summed E-state index contributed by atoms with van der Waals surface area (Å²) in [7, 11) is 1.91. The Balaban J connectivity index is 1.80. The molecular weight excluding hydrogens is 338 g/mol. The van der Waals surface area contributed by atoms with Crippen LogP contribution in [0.15, 0.2) is 53.0 Å². The largest absolute Gasteiger partial charge is 0.341 e. The standard InChI is InChI=1S/C19H20BrNO/c1-14-6-3-4-7-15(14)13-21(2)18(22)19(10-11-19)16-8-5-9-17(20)12-16/h3-9,12H,10-11,13H2,1-2H3. The van der Waals surface area contributed by atoms with Gasteiger partial charge in [0.05, 0.1) is 5.41 Å². The van der Waals surface area contributed by atoms with Crippen molar-refractivity contribution in [2.24, 2.45) is 0 Å². The van der Waals surface area contributed by atoms with Crippen molar-refractivity contribution in [3.8, 4) is 0 Å². The molecule has 2 nitrogen and oxygen atoms in total. The van der Waals surface area contributed by atoms with Crippen LogP contribution in [-0.4, -0.2) is 17.9 Å². The smallest absolute Gasteiger partial charge is 0.233 e. The molecule has 1 amide bonds. The summed E-state index contributed by atoms with van der Waals surface area (Å²) in [6, 6.07) is 16.4. The lowest BCUT2D eigenvalue weighted by Crippen LogP contribution is -2.36. The number of nitrogens with zero attached hydrogens (tertiary/aromatic N) is 1. The van der Waals surface area contributed by atoms with Gasteiger partial charge in [-0.25, -0.2) is 0 Å². The Morgan fingerprint density at radius 1 is 1.18 bits per heavy atom. The highest BCUT2D eigenvalue weighted by molar-refractivity contribution is 9.10. The van der Waals surface area contributed by atoms with Crippen molar-refractivity contribution in [2.45, 2.75) is 31.7 Å². The van der Waals surface area contributed by atoms with Crippen LogP contribution in [-0.2, 0) is 16.8 Å². The summed E-state index contributed by atoms with van der Waals surface area (Å²) in [5.74, 6) is 0.230. The van der Waals surface area contributed by atoms with Gasteiger partial charge in [0.2, 0.25) is 5.91 Å². The van der Waals surface area contributed by atoms with Crippen LogP contribution in [0.5, 0.6) is 0 Å². The number of rotatable bonds is 4. The van der Waals surface area contributed by atoms with Crippen LogP contribution in [0.25, 0.3) is 0 Å². The molecule has 0 N–H and O–H groups in total. The predicted octanol–water partition coefficient (Wildman–Crippen LogP) is 4.45. The fraction of sp³-hybridized carbons (Fsp3) is 0.316. The Bertz CT molecular complexity index is 706. The van der Waals surface area contributed by atoms with Crippen LogP contribution in [0.4, 0.5) is 0 Å². The van der Waals surface area contributed by atoms with E-state index in [2.05, 4.69) is 47.1 Å². The molecule has 1 fully saturated rings. The number of halogens is 1. The number of carbonyl (C=O) groups is 1. The van der Waals surface area contributed by atoms with Crippen LogP contribution >= 0.6 is 15.9 Å². The minimum absolute atomic E-state index is 0.230. The summed E-state index contributed by atoms with van der Waals surface area (Å²) in [4.78, 5) is 14.8. The van der Waals surface area contributed by atoms with Crippen molar-refractivity contribution in [1.82, 2.24) is 4.90 Å². The molecule has 0 saturated heterocycles. The molecule has 2 aromatic rings. The maximum atomic E-state index is 13.0. The Morgan fingerprint density at radius 3 is 2.55 bits per heavy atom. The molecule has 1 aliphatic carbocycles. The molecule has 0 aliphatic heterocycles. The fourth-order valence-corrected chi connectivity index (χ4v) is 3.42. The number of carbonyl (C=O) groups excluding carboxylic acids is 1. The molecule has 2 aromatic carbocycles. The molecule has 1 aliphatic rings. The van der Waals surface area contributed by atoms with Crippen molar-refractivity contribution in [3.05, 3.63) is 69.7 Å². The molecule has 1 saturated carbocycles. The topological polar surface area (TPSA) is 20.3 Å². The third-order valence-corrected chi connectivity index (χ3v) is 5.05. The predicted molar refractivity (Wildman–Crippen MR) is 92.7 cm³/mol. The first kappa shape index (κ1) is 15.3. The molecule has 0 heterocycles. The summed E-state index contributed by atoms with van der Waals surface area (Å²) < 4.78 is 1.03. The summed E-state index contributed by atoms with van der Waals surface area (Å²) in [5, 5.41) is 0. The first-order valence-electron chi connectivity index (χ1n) is 7.59. The van der Waals surface area contributed by atoms with Gasteiger partial charge < -0.3 is 4.90 Å². The van der Waals surface area contributed by atoms with E-state index < -0.39 is 0 Å². The van der Waals surface area contributed by atoms with Gasteiger partial charge in [0.15, 0.2) is 0 Å². The molecule has 0 atom stereocenters. The van der Waals surface area contributed by atoms with Gasteiger partial charge in [0, 0.05) is 18.1 Å². The van der Waals surface area contributed by atoms with Gasteiger partial charge in [-0.2, -0.15) is 0 Å². The second-order valence-corrected chi connectivity index (χ2v) is 7.10. The Kier molecular flexibility index (Phi) is 4.09. The molecule has 22 heavy (non-hydrogen) atoms. The Morgan fingerprint density at radius 2 is 1.91 bits per heavy atom. The van der Waals surface area contributed by atoms with E-state index in [1.165, 1.54) is 11.1 Å². The molecular formula is C19H20BrNO. The van der Waals surface area contributed by atoms with E-state index in [9.17, 15) is 4.79 Å². The monoisotopic (exact) mass is 357 g/mol. The van der Waals surface area contributed by atoms with Crippen molar-refractivity contribution in [1.29, 1.82) is 0 Å². The third-order valence-electron chi connectivity index (χ3n) is 4.55. The molecule has 0 aromatic heterocycles. The lowest BCUT2D eigenvalue weighted by molar-refractivity contribution is -0.133. The maximum Gasteiger partial charge on any atom is 0.233 e. The highest BCUT2D eigenvalue weighted by Crippen LogP contribution is 2.50. The van der Waals surface area contributed by atoms with Crippen molar-refractivity contribution >= 4 is 21.8 Å². The maximum absolute atomic E-state index is 13.0. The third kappa shape index (κ3) is 2.82. The van der Waals surface area contributed by atoms with Crippen molar-refractivity contribution in [3.63, 3.8) is 0 Å². The summed E-state index contributed by atoms with van der Waals surface area (Å²) in [5.41, 5.74) is 3.27. The number of benzene rings is 2. The minimum Gasteiger partial charge on any atom is -0.341 e. The van der Waals surface area contributed by atoms with E-state index >= 15 is 0 Å². The molecule has 0 unspecified atom stereocenters. The number of likely N-dealkylation sites (N-methyl/N-ethyl adjacent to an activating group) is 1. The van der Waals surface area contributed by atoms with E-state index in [4.69, 9.17) is 0 Å². The van der Waals surface area contributed by atoms with Crippen LogP contribution in [0.1, 0.15) is 29.5 Å². The second-order valence-electron chi connectivity index (χ2n) is 6.18. The fourth-order valence-electron chi connectivity index (χ4n) is 3.02. The number of hydrogen-bond donors (Lipinski definition) is 0. The van der Waals surface area contributed by atoms with Gasteiger partial charge >= 0.3 is 0 Å². The first-order valence-corrected chi connectivity index (χ1v) is 8.38. The zero-order chi connectivity index (χ0) is 15.7. The molecule has 3 heteroatoms. The SMILES string of the molecule is Cc1ccccc1CN(C)C(=O)C1(c2cccc(Br)c2)CC1. The van der Waals surface area contributed by atoms with E-state index in [0.29, 0.717) is 6.54 Å². The quantitative estimate of drug-likeness (QED) is 0.791. The van der Waals surface area contributed by atoms with E-state index in [-0.39, 0.29) is 11.3 Å². The summed E-state index contributed by atoms with van der Waals surface area (Å²) in [6.07, 6.45) is 1.89. The van der Waals surface area contributed by atoms with Gasteiger partial charge in [-0.05, 0) is 48.6 Å². The second kappa shape index (κ2) is 5.88. The van der Waals surface area contributed by atoms with Gasteiger partial charge in [-0.1, -0.05) is 52.3 Å². The molecule has 0 radical (unpaired) electrons. The lowest BCUT2D eigenvalue weighted by atomic mass is 9.94. The van der Waals surface area contributed by atoms with Gasteiger partial charge in [-0.3, -0.25) is 4.79 Å². The molecule has 0 bridgehead atoms. The number of aryl methyl sites for hydroxylation is 1. The van der Waals surface area contributed by atoms with Crippen LogP contribution < -0.4 is 0 Å². The van der Waals surface area contributed by atoms with E-state index in [1.54, 1.807) is 0 Å². The molecule has 0 spiro atoms. The van der Waals surface area contributed by atoms with Gasteiger partial charge in [0.1, 0.15) is 0 Å². The molecule has 114 valence electrons. The number of amides is 1. The average molecular weight is 358 g/mol. The van der Waals surface area contributed by atoms with Crippen molar-refractivity contribution in [2.75, 3.05) is 7.05 Å². The average Bonchev–Trinajstić information content (AvgIpc) is 3.30. The van der Waals surface area contributed by atoms with Crippen LogP contribution in [0, 0.1) is 6.92 Å². The zero-order valence-corrected chi connectivity index (χ0v) is 14.6. The van der Waals surface area contributed by atoms with E-state index in [0.717, 1.165) is 22.9 Å². The van der Waals surface area contributed by atoms with Crippen LogP contribution in [0.2, 0.25) is 0 Å².